The number of rotatable bonds is 12. The molecule has 0 amide bonds. The van der Waals surface area contributed by atoms with Gasteiger partial charge < -0.3 is 14.6 Å². The number of carbonyl (C=O) groups is 1. The Morgan fingerprint density at radius 1 is 1.16 bits per heavy atom. The lowest BCUT2D eigenvalue weighted by Gasteiger charge is -2.44. The second kappa shape index (κ2) is 13.2. The van der Waals surface area contributed by atoms with Crippen molar-refractivity contribution in [3.63, 3.8) is 0 Å². The summed E-state index contributed by atoms with van der Waals surface area (Å²) in [5.74, 6) is 3.94. The first-order chi connectivity index (χ1) is 20.5. The van der Waals surface area contributed by atoms with Gasteiger partial charge in [-0.1, -0.05) is 65.3 Å². The summed E-state index contributed by atoms with van der Waals surface area (Å²) in [5.41, 5.74) is 3.36. The molecule has 1 aromatic heterocycles. The lowest BCUT2D eigenvalue weighted by molar-refractivity contribution is -0.127. The average Bonchev–Trinajstić information content (AvgIpc) is 3.47. The molecule has 0 aliphatic heterocycles. The van der Waals surface area contributed by atoms with Crippen molar-refractivity contribution in [3.8, 4) is 0 Å². The summed E-state index contributed by atoms with van der Waals surface area (Å²) in [6, 6.07) is 0. The third kappa shape index (κ3) is 6.54. The van der Waals surface area contributed by atoms with E-state index in [-0.39, 0.29) is 22.7 Å². The molecule has 238 valence electrons. The largest absolute Gasteiger partial charge is 0.445 e. The van der Waals surface area contributed by atoms with Crippen molar-refractivity contribution in [3.05, 3.63) is 53.3 Å². The molecule has 1 heterocycles. The van der Waals surface area contributed by atoms with Gasteiger partial charge in [0.2, 0.25) is 5.89 Å². The van der Waals surface area contributed by atoms with E-state index in [0.29, 0.717) is 36.4 Å². The maximum absolute atomic E-state index is 13.7. The molecule has 0 spiro atoms. The number of fused-ring (bicyclic) bond motifs is 1. The molecule has 0 unspecified atom stereocenters. The molecule has 0 bridgehead atoms. The normalized spacial score (nSPS) is 33.6. The summed E-state index contributed by atoms with van der Waals surface area (Å²) in [5, 5.41) is 20.5. The van der Waals surface area contributed by atoms with Crippen LogP contribution in [0.4, 0.5) is 0 Å². The molecule has 4 aliphatic carbocycles. The van der Waals surface area contributed by atoms with Crippen molar-refractivity contribution in [2.75, 3.05) is 0 Å². The van der Waals surface area contributed by atoms with Crippen LogP contribution >= 0.6 is 0 Å². The number of unbranched alkanes of at least 4 members (excludes halogenated alkanes) is 1. The number of nitrogens with zero attached hydrogens (tertiary/aromatic N) is 1. The van der Waals surface area contributed by atoms with Gasteiger partial charge in [0.05, 0.1) is 23.8 Å². The zero-order valence-corrected chi connectivity index (χ0v) is 27.5. The van der Waals surface area contributed by atoms with Crippen LogP contribution in [0.15, 0.2) is 46.1 Å². The van der Waals surface area contributed by atoms with Crippen molar-refractivity contribution >= 4 is 5.78 Å². The van der Waals surface area contributed by atoms with Gasteiger partial charge in [0.15, 0.2) is 0 Å². The van der Waals surface area contributed by atoms with Crippen LogP contribution in [0.1, 0.15) is 130 Å². The van der Waals surface area contributed by atoms with Gasteiger partial charge >= 0.3 is 0 Å². The third-order valence-electron chi connectivity index (χ3n) is 12.0. The second-order valence-electron chi connectivity index (χ2n) is 15.2. The van der Waals surface area contributed by atoms with Crippen LogP contribution in [-0.2, 0) is 16.6 Å². The standard InChI is InChI=1S/C38H57NO4/c1-7-8-11-30-23-39-36(43-30)38(19-20-38)33(35(42)24(2)3)15-12-25(4)31-16-17-32-27(10-9-18-37(31,32)6)13-14-28-21-29(40)22-34(41)26(28)5/h13-14,23-25,29,31-34,40-41H,5,7-12,15-22H2,1-4,6H3/t25-,29-,31-,32+,33-,34+,37-/m1/s1. The lowest BCUT2D eigenvalue weighted by Crippen LogP contribution is -2.37. The maximum Gasteiger partial charge on any atom is 0.201 e. The highest BCUT2D eigenvalue weighted by Gasteiger charge is 2.57. The molecular formula is C38H57NO4. The van der Waals surface area contributed by atoms with E-state index in [1.165, 1.54) is 31.3 Å². The van der Waals surface area contributed by atoms with Crippen LogP contribution in [0.3, 0.4) is 0 Å². The first-order valence-electron chi connectivity index (χ1n) is 17.4. The van der Waals surface area contributed by atoms with E-state index >= 15 is 0 Å². The van der Waals surface area contributed by atoms with Gasteiger partial charge in [-0.25, -0.2) is 4.98 Å². The topological polar surface area (TPSA) is 83.6 Å². The molecule has 4 aliphatic rings. The molecule has 4 saturated carbocycles. The van der Waals surface area contributed by atoms with Gasteiger partial charge in [-0.2, -0.15) is 0 Å². The number of Topliss-reactive ketones (excluding diaryl/α,β-unsaturated/α-hetero) is 1. The molecule has 5 heteroatoms. The van der Waals surface area contributed by atoms with E-state index in [0.717, 1.165) is 74.2 Å². The number of aliphatic hydroxyl groups excluding tert-OH is 2. The number of oxazole rings is 1. The number of allylic oxidation sites excluding steroid dienone is 3. The van der Waals surface area contributed by atoms with Crippen LogP contribution in [0, 0.1) is 35.0 Å². The highest BCUT2D eigenvalue weighted by molar-refractivity contribution is 5.84. The predicted molar refractivity (Wildman–Crippen MR) is 172 cm³/mol. The zero-order valence-electron chi connectivity index (χ0n) is 27.5. The Kier molecular flexibility index (Phi) is 9.93. The van der Waals surface area contributed by atoms with E-state index in [1.807, 2.05) is 6.20 Å². The summed E-state index contributed by atoms with van der Waals surface area (Å²) in [7, 11) is 0. The Labute approximate surface area is 260 Å². The van der Waals surface area contributed by atoms with Crippen LogP contribution < -0.4 is 0 Å². The number of ketones is 1. The fourth-order valence-corrected chi connectivity index (χ4v) is 9.25. The fourth-order valence-electron chi connectivity index (χ4n) is 9.25. The molecule has 5 nitrogen and oxygen atoms in total. The fraction of sp³-hybridized carbons (Fsp3) is 0.737. The smallest absolute Gasteiger partial charge is 0.201 e. The van der Waals surface area contributed by atoms with Crippen molar-refractivity contribution in [1.82, 2.24) is 4.98 Å². The van der Waals surface area contributed by atoms with Gasteiger partial charge in [-0.3, -0.25) is 4.79 Å². The van der Waals surface area contributed by atoms with Gasteiger partial charge in [-0.05, 0) is 105 Å². The molecule has 0 saturated heterocycles. The minimum absolute atomic E-state index is 0.0136. The van der Waals surface area contributed by atoms with Gasteiger partial charge in [-0.15, -0.1) is 0 Å². The summed E-state index contributed by atoms with van der Waals surface area (Å²) in [6.07, 6.45) is 19.4. The SMILES string of the molecule is C=C1C(=CC=C2CCC[C@]3(C)[C@@H]([C@H](C)CC[C@H](C(=O)C(C)C)C4(c5ncc(CCCC)o5)CC4)CC[C@@H]23)C[C@@H](O)C[C@@H]1O. The number of carbonyl (C=O) groups excluding carboxylic acids is 1. The number of hydrogen-bond acceptors (Lipinski definition) is 5. The molecule has 4 fully saturated rings. The van der Waals surface area contributed by atoms with E-state index in [9.17, 15) is 15.0 Å². The number of aryl methyl sites for hydroxylation is 1. The Morgan fingerprint density at radius 3 is 2.63 bits per heavy atom. The number of aliphatic hydroxyl groups is 2. The van der Waals surface area contributed by atoms with E-state index in [2.05, 4.69) is 53.3 Å². The van der Waals surface area contributed by atoms with E-state index in [4.69, 9.17) is 9.40 Å². The van der Waals surface area contributed by atoms with Crippen LogP contribution in [0.5, 0.6) is 0 Å². The Morgan fingerprint density at radius 2 is 1.93 bits per heavy atom. The summed E-state index contributed by atoms with van der Waals surface area (Å²) < 4.78 is 6.31. The minimum atomic E-state index is -0.644. The number of aromatic nitrogens is 1. The molecule has 2 N–H and O–H groups in total. The van der Waals surface area contributed by atoms with Crippen molar-refractivity contribution in [2.45, 2.75) is 142 Å². The Bertz CT molecular complexity index is 1220. The highest BCUT2D eigenvalue weighted by Crippen LogP contribution is 2.61. The molecule has 0 aromatic carbocycles. The summed E-state index contributed by atoms with van der Waals surface area (Å²) in [6.45, 7) is 15.4. The molecule has 7 atom stereocenters. The van der Waals surface area contributed by atoms with E-state index in [1.54, 1.807) is 0 Å². The average molecular weight is 592 g/mol. The van der Waals surface area contributed by atoms with Crippen LogP contribution in [0.2, 0.25) is 0 Å². The molecule has 0 radical (unpaired) electrons. The second-order valence-corrected chi connectivity index (χ2v) is 15.2. The highest BCUT2D eigenvalue weighted by atomic mass is 16.4. The van der Waals surface area contributed by atoms with Gasteiger partial charge in [0, 0.05) is 24.7 Å². The molecule has 43 heavy (non-hydrogen) atoms. The Balaban J connectivity index is 1.29. The molecular weight excluding hydrogens is 534 g/mol. The predicted octanol–water partition coefficient (Wildman–Crippen LogP) is 8.45. The molecule has 5 rings (SSSR count). The molecule has 1 aromatic rings. The monoisotopic (exact) mass is 591 g/mol. The summed E-state index contributed by atoms with van der Waals surface area (Å²) >= 11 is 0. The zero-order chi connectivity index (χ0) is 30.9. The first kappa shape index (κ1) is 32.4. The van der Waals surface area contributed by atoms with Crippen molar-refractivity contribution in [1.29, 1.82) is 0 Å². The van der Waals surface area contributed by atoms with E-state index < -0.39 is 12.2 Å². The van der Waals surface area contributed by atoms with Crippen molar-refractivity contribution < 1.29 is 19.4 Å². The quantitative estimate of drug-likeness (QED) is 0.255. The lowest BCUT2D eigenvalue weighted by atomic mass is 9.60. The van der Waals surface area contributed by atoms with Gasteiger partial charge in [0.1, 0.15) is 11.5 Å². The third-order valence-corrected chi connectivity index (χ3v) is 12.0. The van der Waals surface area contributed by atoms with Crippen molar-refractivity contribution in [2.24, 2.45) is 35.0 Å². The first-order valence-corrected chi connectivity index (χ1v) is 17.4. The summed E-state index contributed by atoms with van der Waals surface area (Å²) in [4.78, 5) is 18.4. The number of hydrogen-bond donors (Lipinski definition) is 2. The maximum atomic E-state index is 13.7. The van der Waals surface area contributed by atoms with Gasteiger partial charge in [0.25, 0.3) is 0 Å². The Hall–Kier alpha value is -1.98. The van der Waals surface area contributed by atoms with Crippen LogP contribution in [-0.4, -0.2) is 33.2 Å². The van der Waals surface area contributed by atoms with Crippen LogP contribution in [0.25, 0.3) is 0 Å². The minimum Gasteiger partial charge on any atom is -0.445 e.